The Morgan fingerprint density at radius 1 is 1.05 bits per heavy atom. The highest BCUT2D eigenvalue weighted by Crippen LogP contribution is 2.16. The van der Waals surface area contributed by atoms with Gasteiger partial charge in [-0.15, -0.1) is 11.6 Å². The third kappa shape index (κ3) is 6.29. The summed E-state index contributed by atoms with van der Waals surface area (Å²) in [4.78, 5) is 6.95. The van der Waals surface area contributed by atoms with Crippen LogP contribution in [0.4, 0.5) is 5.82 Å². The van der Waals surface area contributed by atoms with E-state index in [2.05, 4.69) is 49.7 Å². The Kier molecular flexibility index (Phi) is 7.22. The van der Waals surface area contributed by atoms with Crippen molar-refractivity contribution in [3.05, 3.63) is 23.9 Å². The maximum Gasteiger partial charge on any atom is 0.128 e. The molecular formula is C16H27ClN2. The van der Waals surface area contributed by atoms with E-state index in [-0.39, 0.29) is 0 Å². The zero-order chi connectivity index (χ0) is 14.3. The molecule has 3 heteroatoms. The average Bonchev–Trinajstić information content (AvgIpc) is 2.38. The second-order valence-corrected chi connectivity index (χ2v) is 6.28. The number of nitrogens with zero attached hydrogens (tertiary/aromatic N) is 2. The van der Waals surface area contributed by atoms with Crippen molar-refractivity contribution < 1.29 is 0 Å². The van der Waals surface area contributed by atoms with Crippen LogP contribution >= 0.6 is 11.6 Å². The van der Waals surface area contributed by atoms with E-state index >= 15 is 0 Å². The Balaban J connectivity index is 2.69. The van der Waals surface area contributed by atoms with Crippen molar-refractivity contribution in [3.63, 3.8) is 0 Å². The summed E-state index contributed by atoms with van der Waals surface area (Å²) in [5.41, 5.74) is 1.08. The van der Waals surface area contributed by atoms with Gasteiger partial charge in [0.2, 0.25) is 0 Å². The standard InChI is InChI=1S/C16H27ClN2/c1-13(2)7-9-19(10-8-14(3)4)16-6-5-15(11-17)12-18-16/h5-6,12-14H,7-11H2,1-4H3. The maximum atomic E-state index is 5.81. The number of alkyl halides is 1. The van der Waals surface area contributed by atoms with Crippen LogP contribution in [-0.4, -0.2) is 18.1 Å². The molecule has 108 valence electrons. The number of aromatic nitrogens is 1. The monoisotopic (exact) mass is 282 g/mol. The minimum atomic E-state index is 0.533. The van der Waals surface area contributed by atoms with Crippen molar-refractivity contribution in [2.75, 3.05) is 18.0 Å². The van der Waals surface area contributed by atoms with Crippen molar-refractivity contribution >= 4 is 17.4 Å². The van der Waals surface area contributed by atoms with E-state index in [1.807, 2.05) is 6.20 Å². The fourth-order valence-electron chi connectivity index (χ4n) is 1.85. The van der Waals surface area contributed by atoms with Gasteiger partial charge in [-0.25, -0.2) is 4.98 Å². The van der Waals surface area contributed by atoms with E-state index in [4.69, 9.17) is 11.6 Å². The lowest BCUT2D eigenvalue weighted by Crippen LogP contribution is -2.28. The van der Waals surface area contributed by atoms with Crippen LogP contribution in [-0.2, 0) is 5.88 Å². The van der Waals surface area contributed by atoms with Gasteiger partial charge in [-0.2, -0.15) is 0 Å². The van der Waals surface area contributed by atoms with Gasteiger partial charge in [0.15, 0.2) is 0 Å². The highest BCUT2D eigenvalue weighted by Gasteiger charge is 2.09. The second-order valence-electron chi connectivity index (χ2n) is 6.01. The van der Waals surface area contributed by atoms with Crippen LogP contribution in [0.3, 0.4) is 0 Å². The number of anilines is 1. The smallest absolute Gasteiger partial charge is 0.128 e. The molecule has 1 heterocycles. The molecule has 1 aromatic heterocycles. The van der Waals surface area contributed by atoms with Crippen molar-refractivity contribution in [1.82, 2.24) is 4.98 Å². The number of pyridine rings is 1. The molecule has 0 aromatic carbocycles. The first-order valence-corrected chi connectivity index (χ1v) is 7.82. The van der Waals surface area contributed by atoms with Gasteiger partial charge in [0, 0.05) is 25.2 Å². The number of halogens is 1. The first-order valence-electron chi connectivity index (χ1n) is 7.28. The largest absolute Gasteiger partial charge is 0.357 e. The molecule has 0 bridgehead atoms. The SMILES string of the molecule is CC(C)CCN(CCC(C)C)c1ccc(CCl)cn1. The van der Waals surface area contributed by atoms with Crippen LogP contribution in [0.15, 0.2) is 18.3 Å². The molecule has 0 fully saturated rings. The molecule has 0 saturated heterocycles. The van der Waals surface area contributed by atoms with Gasteiger partial charge in [0.25, 0.3) is 0 Å². The highest BCUT2D eigenvalue weighted by molar-refractivity contribution is 6.17. The van der Waals surface area contributed by atoms with E-state index in [0.29, 0.717) is 5.88 Å². The Morgan fingerprint density at radius 3 is 2.00 bits per heavy atom. The van der Waals surface area contributed by atoms with Gasteiger partial charge < -0.3 is 4.90 Å². The molecule has 0 N–H and O–H groups in total. The minimum absolute atomic E-state index is 0.533. The summed E-state index contributed by atoms with van der Waals surface area (Å²) >= 11 is 5.81. The normalized spacial score (nSPS) is 11.3. The van der Waals surface area contributed by atoms with Crippen LogP contribution in [0.5, 0.6) is 0 Å². The zero-order valence-electron chi connectivity index (χ0n) is 12.7. The van der Waals surface area contributed by atoms with E-state index in [0.717, 1.165) is 36.3 Å². The van der Waals surface area contributed by atoms with Crippen LogP contribution in [0.25, 0.3) is 0 Å². The van der Waals surface area contributed by atoms with Crippen molar-refractivity contribution in [1.29, 1.82) is 0 Å². The van der Waals surface area contributed by atoms with E-state index < -0.39 is 0 Å². The summed E-state index contributed by atoms with van der Waals surface area (Å²) in [6.45, 7) is 11.2. The Bertz CT molecular complexity index is 334. The Morgan fingerprint density at radius 2 is 1.63 bits per heavy atom. The molecule has 1 rings (SSSR count). The Labute approximate surface area is 123 Å². The van der Waals surface area contributed by atoms with Crippen LogP contribution < -0.4 is 4.90 Å². The van der Waals surface area contributed by atoms with Gasteiger partial charge in [-0.05, 0) is 36.3 Å². The fourth-order valence-corrected chi connectivity index (χ4v) is 2.01. The molecule has 0 saturated carbocycles. The third-order valence-electron chi connectivity index (χ3n) is 3.24. The topological polar surface area (TPSA) is 16.1 Å². The molecule has 0 amide bonds. The molecule has 0 aliphatic carbocycles. The van der Waals surface area contributed by atoms with Gasteiger partial charge in [-0.3, -0.25) is 0 Å². The predicted molar refractivity (Wildman–Crippen MR) is 84.9 cm³/mol. The Hall–Kier alpha value is -0.760. The molecule has 0 radical (unpaired) electrons. The van der Waals surface area contributed by atoms with Crippen LogP contribution in [0, 0.1) is 11.8 Å². The second kappa shape index (κ2) is 8.42. The molecule has 0 unspecified atom stereocenters. The van der Waals surface area contributed by atoms with Crippen molar-refractivity contribution in [2.24, 2.45) is 11.8 Å². The summed E-state index contributed by atoms with van der Waals surface area (Å²) in [6, 6.07) is 4.17. The number of rotatable bonds is 8. The summed E-state index contributed by atoms with van der Waals surface area (Å²) in [6.07, 6.45) is 4.30. The fraction of sp³-hybridized carbons (Fsp3) is 0.688. The maximum absolute atomic E-state index is 5.81. The van der Waals surface area contributed by atoms with Crippen molar-refractivity contribution in [3.8, 4) is 0 Å². The molecule has 0 aliphatic heterocycles. The molecule has 1 aromatic rings. The van der Waals surface area contributed by atoms with Gasteiger partial charge in [0.05, 0.1) is 0 Å². The molecular weight excluding hydrogens is 256 g/mol. The lowest BCUT2D eigenvalue weighted by Gasteiger charge is -2.25. The quantitative estimate of drug-likeness (QED) is 0.642. The third-order valence-corrected chi connectivity index (χ3v) is 3.55. The number of hydrogen-bond donors (Lipinski definition) is 0. The molecule has 19 heavy (non-hydrogen) atoms. The average molecular weight is 283 g/mol. The van der Waals surface area contributed by atoms with Gasteiger partial charge in [0.1, 0.15) is 5.82 Å². The van der Waals surface area contributed by atoms with Crippen LogP contribution in [0.2, 0.25) is 0 Å². The van der Waals surface area contributed by atoms with Crippen molar-refractivity contribution in [2.45, 2.75) is 46.4 Å². The van der Waals surface area contributed by atoms with E-state index in [1.165, 1.54) is 12.8 Å². The van der Waals surface area contributed by atoms with Gasteiger partial charge in [-0.1, -0.05) is 33.8 Å². The summed E-state index contributed by atoms with van der Waals surface area (Å²) in [5, 5.41) is 0. The first kappa shape index (κ1) is 16.3. The summed E-state index contributed by atoms with van der Waals surface area (Å²) in [5.74, 6) is 3.06. The molecule has 2 nitrogen and oxygen atoms in total. The summed E-state index contributed by atoms with van der Waals surface area (Å²) < 4.78 is 0. The van der Waals surface area contributed by atoms with Crippen LogP contribution in [0.1, 0.15) is 46.1 Å². The van der Waals surface area contributed by atoms with E-state index in [1.54, 1.807) is 0 Å². The lowest BCUT2D eigenvalue weighted by atomic mass is 10.1. The summed E-state index contributed by atoms with van der Waals surface area (Å²) in [7, 11) is 0. The zero-order valence-corrected chi connectivity index (χ0v) is 13.5. The number of hydrogen-bond acceptors (Lipinski definition) is 2. The molecule has 0 aliphatic rings. The highest BCUT2D eigenvalue weighted by atomic mass is 35.5. The minimum Gasteiger partial charge on any atom is -0.357 e. The molecule has 0 atom stereocenters. The van der Waals surface area contributed by atoms with E-state index in [9.17, 15) is 0 Å². The predicted octanol–water partition coefficient (Wildman–Crippen LogP) is 4.72. The molecule has 0 spiro atoms. The first-order chi connectivity index (χ1) is 9.02. The van der Waals surface area contributed by atoms with Gasteiger partial charge >= 0.3 is 0 Å². The lowest BCUT2D eigenvalue weighted by molar-refractivity contribution is 0.533.